The minimum atomic E-state index is -1.55. The second-order valence-electron chi connectivity index (χ2n) is 6.96. The molecule has 0 amide bonds. The van der Waals surface area contributed by atoms with Crippen LogP contribution in [-0.4, -0.2) is 75.7 Å². The summed E-state index contributed by atoms with van der Waals surface area (Å²) in [5.41, 5.74) is 0.992. The summed E-state index contributed by atoms with van der Waals surface area (Å²) in [6.07, 6.45) is -4.05. The average Bonchev–Trinajstić information content (AvgIpc) is 2.78. The minimum absolute atomic E-state index is 0.0668. The SMILES string of the molecule is COc1cc(OC2OC(CO)C(O)C(O)C2O)ccc1C=CC(=O)c1ccc(O)cc1. The van der Waals surface area contributed by atoms with Gasteiger partial charge in [0, 0.05) is 17.2 Å². The number of methoxy groups -OCH3 is 1. The molecule has 3 rings (SSSR count). The molecule has 31 heavy (non-hydrogen) atoms. The number of hydrogen-bond acceptors (Lipinski definition) is 9. The number of carbonyl (C=O) groups excluding carboxylic acids is 1. The van der Waals surface area contributed by atoms with Crippen molar-refractivity contribution in [1.82, 2.24) is 0 Å². The summed E-state index contributed by atoms with van der Waals surface area (Å²) in [6, 6.07) is 10.5. The van der Waals surface area contributed by atoms with Crippen LogP contribution in [0.3, 0.4) is 0 Å². The van der Waals surface area contributed by atoms with Crippen LogP contribution in [0.25, 0.3) is 6.08 Å². The summed E-state index contributed by atoms with van der Waals surface area (Å²) in [6.45, 7) is -0.563. The van der Waals surface area contributed by atoms with Crippen molar-refractivity contribution in [3.63, 3.8) is 0 Å². The van der Waals surface area contributed by atoms with Gasteiger partial charge in [-0.1, -0.05) is 0 Å². The number of ether oxygens (including phenoxy) is 3. The summed E-state index contributed by atoms with van der Waals surface area (Å²) in [5, 5.41) is 48.4. The summed E-state index contributed by atoms with van der Waals surface area (Å²) in [5.74, 6) is 0.418. The number of allylic oxidation sites excluding steroid dienone is 1. The van der Waals surface area contributed by atoms with Crippen molar-refractivity contribution in [2.24, 2.45) is 0 Å². The molecule has 9 nitrogen and oxygen atoms in total. The molecule has 2 aromatic carbocycles. The molecule has 0 radical (unpaired) electrons. The van der Waals surface area contributed by atoms with Gasteiger partial charge >= 0.3 is 0 Å². The highest BCUT2D eigenvalue weighted by molar-refractivity contribution is 6.07. The number of carbonyl (C=O) groups is 1. The smallest absolute Gasteiger partial charge is 0.229 e. The fourth-order valence-corrected chi connectivity index (χ4v) is 3.09. The number of aliphatic hydroxyl groups excluding tert-OH is 4. The van der Waals surface area contributed by atoms with Crippen molar-refractivity contribution in [3.05, 3.63) is 59.7 Å². The van der Waals surface area contributed by atoms with E-state index in [1.165, 1.54) is 43.5 Å². The van der Waals surface area contributed by atoms with Gasteiger partial charge in [0.25, 0.3) is 0 Å². The number of hydrogen-bond donors (Lipinski definition) is 5. The molecule has 166 valence electrons. The fourth-order valence-electron chi connectivity index (χ4n) is 3.09. The van der Waals surface area contributed by atoms with Crippen molar-refractivity contribution in [2.45, 2.75) is 30.7 Å². The van der Waals surface area contributed by atoms with E-state index in [1.807, 2.05) is 0 Å². The van der Waals surface area contributed by atoms with Gasteiger partial charge in [-0.3, -0.25) is 4.79 Å². The monoisotopic (exact) mass is 432 g/mol. The summed E-state index contributed by atoms with van der Waals surface area (Å²) < 4.78 is 16.2. The normalized spacial score (nSPS) is 26.0. The lowest BCUT2D eigenvalue weighted by Crippen LogP contribution is -2.60. The first-order valence-corrected chi connectivity index (χ1v) is 9.50. The van der Waals surface area contributed by atoms with Gasteiger partial charge in [0.2, 0.25) is 6.29 Å². The van der Waals surface area contributed by atoms with Gasteiger partial charge in [-0.25, -0.2) is 0 Å². The van der Waals surface area contributed by atoms with Crippen LogP contribution in [0.4, 0.5) is 0 Å². The summed E-state index contributed by atoms with van der Waals surface area (Å²) in [4.78, 5) is 12.3. The molecule has 0 bridgehead atoms. The molecule has 1 fully saturated rings. The lowest BCUT2D eigenvalue weighted by molar-refractivity contribution is -0.277. The van der Waals surface area contributed by atoms with E-state index in [0.717, 1.165) is 0 Å². The van der Waals surface area contributed by atoms with Crippen molar-refractivity contribution >= 4 is 11.9 Å². The number of phenols is 1. The van der Waals surface area contributed by atoms with Crippen LogP contribution < -0.4 is 9.47 Å². The molecule has 2 aromatic rings. The highest BCUT2D eigenvalue weighted by Crippen LogP contribution is 2.29. The van der Waals surface area contributed by atoms with Gasteiger partial charge in [0.15, 0.2) is 5.78 Å². The Bertz CT molecular complexity index is 923. The first kappa shape index (κ1) is 22.7. The van der Waals surface area contributed by atoms with Crippen molar-refractivity contribution < 1.29 is 44.5 Å². The topological polar surface area (TPSA) is 146 Å². The molecule has 5 atom stereocenters. The molecule has 0 aromatic heterocycles. The highest BCUT2D eigenvalue weighted by atomic mass is 16.7. The molecule has 1 saturated heterocycles. The summed E-state index contributed by atoms with van der Waals surface area (Å²) in [7, 11) is 1.44. The van der Waals surface area contributed by atoms with Crippen LogP contribution in [0, 0.1) is 0 Å². The first-order valence-electron chi connectivity index (χ1n) is 9.50. The highest BCUT2D eigenvalue weighted by Gasteiger charge is 2.44. The van der Waals surface area contributed by atoms with E-state index in [0.29, 0.717) is 16.9 Å². The number of ketones is 1. The molecule has 1 aliphatic heterocycles. The Morgan fingerprint density at radius 1 is 1.06 bits per heavy atom. The maximum atomic E-state index is 12.3. The predicted molar refractivity (Wildman–Crippen MR) is 109 cm³/mol. The zero-order valence-electron chi connectivity index (χ0n) is 16.7. The first-order chi connectivity index (χ1) is 14.8. The van der Waals surface area contributed by atoms with Crippen LogP contribution in [0.2, 0.25) is 0 Å². The Kier molecular flexibility index (Phi) is 7.26. The van der Waals surface area contributed by atoms with Crippen molar-refractivity contribution in [1.29, 1.82) is 0 Å². The Morgan fingerprint density at radius 2 is 1.77 bits per heavy atom. The Labute approximate surface area is 178 Å². The maximum absolute atomic E-state index is 12.3. The van der Waals surface area contributed by atoms with Crippen LogP contribution in [0.5, 0.6) is 17.2 Å². The van der Waals surface area contributed by atoms with E-state index < -0.39 is 37.3 Å². The second kappa shape index (κ2) is 9.90. The zero-order valence-corrected chi connectivity index (χ0v) is 16.7. The largest absolute Gasteiger partial charge is 0.508 e. The lowest BCUT2D eigenvalue weighted by Gasteiger charge is -2.39. The molecule has 5 unspecified atom stereocenters. The standard InChI is InChI=1S/C22H24O9/c1-29-17-10-15(30-22-21(28)20(27)19(26)18(11-23)31-22)8-4-13(17)5-9-16(25)12-2-6-14(24)7-3-12/h2-10,18-24,26-28H,11H2,1H3. The van der Waals surface area contributed by atoms with Gasteiger partial charge in [-0.2, -0.15) is 0 Å². The van der Waals surface area contributed by atoms with Crippen molar-refractivity contribution in [3.8, 4) is 17.2 Å². The van der Waals surface area contributed by atoms with E-state index >= 15 is 0 Å². The molecule has 1 heterocycles. The number of phenolic OH excluding ortho intramolecular Hbond substituents is 1. The fraction of sp³-hybridized carbons (Fsp3) is 0.318. The number of benzene rings is 2. The van der Waals surface area contributed by atoms with Crippen LogP contribution >= 0.6 is 0 Å². The quantitative estimate of drug-likeness (QED) is 0.311. The third-order valence-corrected chi connectivity index (χ3v) is 4.87. The van der Waals surface area contributed by atoms with Gasteiger partial charge in [0.05, 0.1) is 13.7 Å². The van der Waals surface area contributed by atoms with Crippen molar-refractivity contribution in [2.75, 3.05) is 13.7 Å². The third kappa shape index (κ3) is 5.22. The van der Waals surface area contributed by atoms with E-state index in [-0.39, 0.29) is 17.3 Å². The van der Waals surface area contributed by atoms with Gasteiger partial charge in [-0.15, -0.1) is 0 Å². The Balaban J connectivity index is 1.73. The molecule has 9 heteroatoms. The van der Waals surface area contributed by atoms with Gasteiger partial charge in [-0.05, 0) is 48.6 Å². The number of rotatable bonds is 7. The number of aromatic hydroxyl groups is 1. The van der Waals surface area contributed by atoms with E-state index in [4.69, 9.17) is 14.2 Å². The summed E-state index contributed by atoms with van der Waals surface area (Å²) >= 11 is 0. The average molecular weight is 432 g/mol. The molecule has 0 saturated carbocycles. The van der Waals surface area contributed by atoms with Crippen LogP contribution in [-0.2, 0) is 4.74 Å². The maximum Gasteiger partial charge on any atom is 0.229 e. The van der Waals surface area contributed by atoms with Crippen LogP contribution in [0.15, 0.2) is 48.5 Å². The van der Waals surface area contributed by atoms with E-state index in [9.17, 15) is 30.3 Å². The molecular formula is C22H24O9. The van der Waals surface area contributed by atoms with Gasteiger partial charge in [0.1, 0.15) is 41.7 Å². The molecule has 1 aliphatic rings. The minimum Gasteiger partial charge on any atom is -0.508 e. The molecular weight excluding hydrogens is 408 g/mol. The Hall–Kier alpha value is -2.95. The second-order valence-corrected chi connectivity index (χ2v) is 6.96. The third-order valence-electron chi connectivity index (χ3n) is 4.87. The molecule has 0 aliphatic carbocycles. The van der Waals surface area contributed by atoms with E-state index in [1.54, 1.807) is 18.2 Å². The van der Waals surface area contributed by atoms with E-state index in [2.05, 4.69) is 0 Å². The zero-order chi connectivity index (χ0) is 22.5. The lowest BCUT2D eigenvalue weighted by atomic mass is 9.99. The molecule has 0 spiro atoms. The predicted octanol–water partition coefficient (Wildman–Crippen LogP) is 0.476. The van der Waals surface area contributed by atoms with Gasteiger partial charge < -0.3 is 39.7 Å². The Morgan fingerprint density at radius 3 is 2.42 bits per heavy atom. The van der Waals surface area contributed by atoms with Crippen LogP contribution in [0.1, 0.15) is 15.9 Å². The number of aliphatic hydroxyl groups is 4. The molecule has 5 N–H and O–H groups in total.